The Bertz CT molecular complexity index is 1240. The van der Waals surface area contributed by atoms with Crippen LogP contribution in [0.25, 0.3) is 10.8 Å². The smallest absolute Gasteiger partial charge is 0.162 e. The Kier molecular flexibility index (Phi) is 5.54. The predicted octanol–water partition coefficient (Wildman–Crippen LogP) is 6.36. The summed E-state index contributed by atoms with van der Waals surface area (Å²) < 4.78 is 23.5. The van der Waals surface area contributed by atoms with Crippen molar-refractivity contribution in [3.05, 3.63) is 96.6 Å². The number of para-hydroxylation sites is 1. The van der Waals surface area contributed by atoms with E-state index in [4.69, 9.17) is 24.7 Å². The van der Waals surface area contributed by atoms with Crippen molar-refractivity contribution in [2.24, 2.45) is 5.73 Å². The molecule has 0 radical (unpaired) electrons. The fourth-order valence-corrected chi connectivity index (χ4v) is 3.79. The Morgan fingerprint density at radius 3 is 1.82 bits per heavy atom. The summed E-state index contributed by atoms with van der Waals surface area (Å²) in [6.07, 6.45) is 0. The highest BCUT2D eigenvalue weighted by Gasteiger charge is 2.38. The van der Waals surface area contributed by atoms with Crippen LogP contribution in [0, 0.1) is 0 Å². The van der Waals surface area contributed by atoms with Crippen LogP contribution in [-0.4, -0.2) is 19.0 Å². The van der Waals surface area contributed by atoms with Crippen molar-refractivity contribution in [2.45, 2.75) is 25.2 Å². The second-order valence-corrected chi connectivity index (χ2v) is 8.85. The zero-order valence-electron chi connectivity index (χ0n) is 18.8. The van der Waals surface area contributed by atoms with Crippen LogP contribution in [0.4, 0.5) is 0 Å². The highest BCUT2D eigenvalue weighted by atomic mass is 16.7. The van der Waals surface area contributed by atoms with E-state index in [1.165, 1.54) is 0 Å². The van der Waals surface area contributed by atoms with E-state index in [1.807, 2.05) is 92.7 Å². The maximum atomic E-state index is 6.60. The van der Waals surface area contributed by atoms with Gasteiger partial charge in [-0.25, -0.2) is 0 Å². The summed E-state index contributed by atoms with van der Waals surface area (Å²) in [5.74, 6) is 2.47. The van der Waals surface area contributed by atoms with Crippen LogP contribution in [0.5, 0.6) is 23.0 Å². The lowest BCUT2D eigenvalue weighted by Gasteiger charge is -2.41. The predicted molar refractivity (Wildman–Crippen MR) is 129 cm³/mol. The van der Waals surface area contributed by atoms with Gasteiger partial charge in [-0.3, -0.25) is 0 Å². The molecule has 1 aliphatic heterocycles. The molecule has 0 atom stereocenters. The van der Waals surface area contributed by atoms with E-state index >= 15 is 0 Å². The van der Waals surface area contributed by atoms with Gasteiger partial charge in [0.2, 0.25) is 0 Å². The van der Waals surface area contributed by atoms with Gasteiger partial charge in [0.15, 0.2) is 5.79 Å². The van der Waals surface area contributed by atoms with E-state index in [0.717, 1.165) is 39.3 Å². The SMILES string of the molecule is CC1(C)OCC(N)(c2ccc3cc(Oc4ccc(Oc5ccccc5)cc4)ccc3c2)CO1. The second-order valence-electron chi connectivity index (χ2n) is 8.85. The minimum Gasteiger partial charge on any atom is -0.457 e. The Balaban J connectivity index is 1.29. The number of ether oxygens (including phenoxy) is 4. The second kappa shape index (κ2) is 8.52. The molecule has 0 amide bonds. The fraction of sp³-hybridized carbons (Fsp3) is 0.214. The molecule has 5 rings (SSSR count). The Morgan fingerprint density at radius 1 is 0.636 bits per heavy atom. The van der Waals surface area contributed by atoms with Gasteiger partial charge in [-0.05, 0) is 84.8 Å². The molecule has 0 aromatic heterocycles. The van der Waals surface area contributed by atoms with Crippen LogP contribution in [0.2, 0.25) is 0 Å². The van der Waals surface area contributed by atoms with Crippen LogP contribution < -0.4 is 15.2 Å². The van der Waals surface area contributed by atoms with Crippen LogP contribution in [0.1, 0.15) is 19.4 Å². The minimum atomic E-state index is -0.664. The van der Waals surface area contributed by atoms with Crippen LogP contribution in [-0.2, 0) is 15.0 Å². The number of fused-ring (bicyclic) bond motifs is 1. The molecule has 1 aliphatic rings. The molecule has 33 heavy (non-hydrogen) atoms. The molecule has 5 nitrogen and oxygen atoms in total. The number of hydrogen-bond donors (Lipinski definition) is 1. The topological polar surface area (TPSA) is 62.9 Å². The molecule has 168 valence electrons. The van der Waals surface area contributed by atoms with Crippen molar-refractivity contribution >= 4 is 10.8 Å². The van der Waals surface area contributed by atoms with Gasteiger partial charge >= 0.3 is 0 Å². The summed E-state index contributed by atoms with van der Waals surface area (Å²) in [5.41, 5.74) is 6.93. The quantitative estimate of drug-likeness (QED) is 0.390. The summed E-state index contributed by atoms with van der Waals surface area (Å²) in [5, 5.41) is 2.16. The standard InChI is InChI=1S/C28H27NO4/c1-27(2)30-18-28(29,19-31-27)22-10-8-21-17-26(11-9-20(21)16-22)33-25-14-12-24(13-15-25)32-23-6-4-3-5-7-23/h3-17H,18-19,29H2,1-2H3. The molecule has 2 N–H and O–H groups in total. The van der Waals surface area contributed by atoms with Crippen molar-refractivity contribution in [2.75, 3.05) is 13.2 Å². The number of nitrogens with two attached hydrogens (primary N) is 1. The Hall–Kier alpha value is -3.38. The Morgan fingerprint density at radius 2 is 1.15 bits per heavy atom. The lowest BCUT2D eigenvalue weighted by molar-refractivity contribution is -0.268. The van der Waals surface area contributed by atoms with Gasteiger partial charge in [0.1, 0.15) is 23.0 Å². The third-order valence-corrected chi connectivity index (χ3v) is 5.78. The first-order valence-electron chi connectivity index (χ1n) is 11.0. The molecular weight excluding hydrogens is 414 g/mol. The monoisotopic (exact) mass is 441 g/mol. The molecule has 0 unspecified atom stereocenters. The molecule has 1 fully saturated rings. The average Bonchev–Trinajstić information content (AvgIpc) is 2.83. The molecule has 1 heterocycles. The van der Waals surface area contributed by atoms with Gasteiger partial charge in [-0.1, -0.05) is 36.4 Å². The lowest BCUT2D eigenvalue weighted by atomic mass is 9.90. The summed E-state index contributed by atoms with van der Waals surface area (Å²) in [6.45, 7) is 4.63. The van der Waals surface area contributed by atoms with E-state index < -0.39 is 11.3 Å². The van der Waals surface area contributed by atoms with E-state index in [-0.39, 0.29) is 0 Å². The first kappa shape index (κ1) is 21.5. The summed E-state index contributed by atoms with van der Waals surface area (Å²) in [6, 6.07) is 29.5. The molecular formula is C28H27NO4. The van der Waals surface area contributed by atoms with E-state index in [0.29, 0.717) is 13.2 Å². The summed E-state index contributed by atoms with van der Waals surface area (Å²) >= 11 is 0. The highest BCUT2D eigenvalue weighted by Crippen LogP contribution is 2.33. The van der Waals surface area contributed by atoms with Crippen molar-refractivity contribution in [1.82, 2.24) is 0 Å². The zero-order valence-corrected chi connectivity index (χ0v) is 18.8. The zero-order chi connectivity index (χ0) is 22.9. The highest BCUT2D eigenvalue weighted by molar-refractivity contribution is 5.85. The first-order chi connectivity index (χ1) is 15.9. The van der Waals surface area contributed by atoms with E-state index in [2.05, 4.69) is 12.1 Å². The van der Waals surface area contributed by atoms with Gasteiger partial charge in [-0.15, -0.1) is 0 Å². The van der Waals surface area contributed by atoms with E-state index in [9.17, 15) is 0 Å². The molecule has 0 bridgehead atoms. The lowest BCUT2D eigenvalue weighted by Crippen LogP contribution is -2.54. The van der Waals surface area contributed by atoms with Gasteiger partial charge in [0.05, 0.1) is 18.8 Å². The molecule has 0 saturated carbocycles. The third kappa shape index (κ3) is 4.86. The normalized spacial score (nSPS) is 16.9. The number of hydrogen-bond acceptors (Lipinski definition) is 5. The van der Waals surface area contributed by atoms with Gasteiger partial charge in [-0.2, -0.15) is 0 Å². The molecule has 0 spiro atoms. The largest absolute Gasteiger partial charge is 0.457 e. The van der Waals surface area contributed by atoms with E-state index in [1.54, 1.807) is 0 Å². The summed E-state index contributed by atoms with van der Waals surface area (Å²) in [7, 11) is 0. The van der Waals surface area contributed by atoms with Crippen molar-refractivity contribution in [3.8, 4) is 23.0 Å². The van der Waals surface area contributed by atoms with Gasteiger partial charge in [0.25, 0.3) is 0 Å². The van der Waals surface area contributed by atoms with Crippen LogP contribution >= 0.6 is 0 Å². The maximum absolute atomic E-state index is 6.60. The van der Waals surface area contributed by atoms with Crippen LogP contribution in [0.15, 0.2) is 91.0 Å². The third-order valence-electron chi connectivity index (χ3n) is 5.78. The number of rotatable bonds is 5. The molecule has 4 aromatic carbocycles. The molecule has 1 saturated heterocycles. The van der Waals surface area contributed by atoms with Crippen molar-refractivity contribution < 1.29 is 18.9 Å². The molecule has 4 aromatic rings. The van der Waals surface area contributed by atoms with Gasteiger partial charge < -0.3 is 24.7 Å². The van der Waals surface area contributed by atoms with Crippen molar-refractivity contribution in [3.63, 3.8) is 0 Å². The first-order valence-corrected chi connectivity index (χ1v) is 11.0. The Labute approximate surface area is 193 Å². The maximum Gasteiger partial charge on any atom is 0.162 e. The number of benzene rings is 4. The molecule has 5 heteroatoms. The van der Waals surface area contributed by atoms with Gasteiger partial charge in [0, 0.05) is 0 Å². The van der Waals surface area contributed by atoms with Crippen LogP contribution in [0.3, 0.4) is 0 Å². The minimum absolute atomic E-state index is 0.413. The average molecular weight is 442 g/mol. The summed E-state index contributed by atoms with van der Waals surface area (Å²) in [4.78, 5) is 0. The fourth-order valence-electron chi connectivity index (χ4n) is 3.79. The van der Waals surface area contributed by atoms with Crippen molar-refractivity contribution in [1.29, 1.82) is 0 Å². The molecule has 0 aliphatic carbocycles.